The Labute approximate surface area is 229 Å². The second-order valence-corrected chi connectivity index (χ2v) is 8.85. The predicted molar refractivity (Wildman–Crippen MR) is 142 cm³/mol. The minimum Gasteiger partial charge on any atom is -0.481 e. The highest BCUT2D eigenvalue weighted by molar-refractivity contribution is 5.86. The molecule has 0 aliphatic rings. The second kappa shape index (κ2) is 16.3. The molecule has 0 radical (unpaired) electrons. The molecule has 2 atom stereocenters. The van der Waals surface area contributed by atoms with Crippen molar-refractivity contribution in [2.24, 2.45) is 0 Å². The van der Waals surface area contributed by atoms with Crippen molar-refractivity contribution in [3.05, 3.63) is 48.6 Å². The zero-order chi connectivity index (χ0) is 29.5. The second-order valence-electron chi connectivity index (χ2n) is 8.85. The molecule has 218 valence electrons. The molecule has 0 saturated heterocycles. The summed E-state index contributed by atoms with van der Waals surface area (Å²) in [5.74, 6) is -3.40. The van der Waals surface area contributed by atoms with Gasteiger partial charge in [-0.05, 0) is 62.8 Å². The van der Waals surface area contributed by atoms with E-state index in [4.69, 9.17) is 10.2 Å². The zero-order valence-electron chi connectivity index (χ0n) is 21.8. The van der Waals surface area contributed by atoms with Crippen molar-refractivity contribution in [1.29, 1.82) is 0 Å². The summed E-state index contributed by atoms with van der Waals surface area (Å²) >= 11 is 0. The Hall–Kier alpha value is -4.69. The largest absolute Gasteiger partial charge is 0.481 e. The standard InChI is InChI=1S/C25H34FN7O7/c1-16(28-17-7-9-19(10-8-17)33-15-18(31-32-33)5-4-13-26)27-14-3-2-6-20(23(36)37)29-25(40)30-21(24(38)39)11-12-22(34)35/h7-10,15,20-21,27-28H,1-6,11-14H2,(H,34,35)(H,36,37)(H,38,39)(H2,29,30,40)/t20-,21-/m0/s1. The van der Waals surface area contributed by atoms with Crippen LogP contribution in [0, 0.1) is 0 Å². The molecule has 0 aliphatic carbocycles. The normalized spacial score (nSPS) is 12.1. The van der Waals surface area contributed by atoms with Crippen LogP contribution in [0.3, 0.4) is 0 Å². The number of amides is 2. The number of anilines is 1. The smallest absolute Gasteiger partial charge is 0.326 e. The first-order valence-corrected chi connectivity index (χ1v) is 12.6. The van der Waals surface area contributed by atoms with E-state index in [0.717, 1.165) is 11.4 Å². The molecule has 0 bridgehead atoms. The first-order chi connectivity index (χ1) is 19.1. The fourth-order valence-electron chi connectivity index (χ4n) is 3.56. The van der Waals surface area contributed by atoms with E-state index in [9.17, 15) is 28.7 Å². The number of aromatic nitrogens is 3. The summed E-state index contributed by atoms with van der Waals surface area (Å²) in [4.78, 5) is 45.4. The Morgan fingerprint density at radius 2 is 1.60 bits per heavy atom. The highest BCUT2D eigenvalue weighted by Crippen LogP contribution is 2.14. The molecule has 1 aromatic heterocycles. The summed E-state index contributed by atoms with van der Waals surface area (Å²) in [6.07, 6.45) is 2.95. The molecule has 0 aliphatic heterocycles. The van der Waals surface area contributed by atoms with E-state index in [-0.39, 0.29) is 12.8 Å². The molecule has 2 rings (SSSR count). The number of benzene rings is 1. The molecule has 1 aromatic carbocycles. The van der Waals surface area contributed by atoms with Crippen LogP contribution in [0.15, 0.2) is 42.9 Å². The molecule has 2 aromatic rings. The number of aliphatic carboxylic acids is 3. The molecule has 2 amide bonds. The van der Waals surface area contributed by atoms with E-state index in [0.29, 0.717) is 43.7 Å². The van der Waals surface area contributed by atoms with Crippen LogP contribution in [0.25, 0.3) is 5.69 Å². The molecule has 14 nitrogen and oxygen atoms in total. The van der Waals surface area contributed by atoms with Gasteiger partial charge in [0.1, 0.15) is 12.1 Å². The molecule has 1 heterocycles. The van der Waals surface area contributed by atoms with Gasteiger partial charge in [-0.25, -0.2) is 19.1 Å². The van der Waals surface area contributed by atoms with Gasteiger partial charge >= 0.3 is 23.9 Å². The fraction of sp³-hybridized carbons (Fsp3) is 0.440. The molecule has 0 spiro atoms. The van der Waals surface area contributed by atoms with Crippen molar-refractivity contribution in [3.8, 4) is 5.69 Å². The third-order valence-corrected chi connectivity index (χ3v) is 5.65. The lowest BCUT2D eigenvalue weighted by Gasteiger charge is -2.18. The minimum atomic E-state index is -1.46. The van der Waals surface area contributed by atoms with Crippen LogP contribution in [0.4, 0.5) is 14.9 Å². The summed E-state index contributed by atoms with van der Waals surface area (Å²) in [5, 5.41) is 45.7. The van der Waals surface area contributed by atoms with E-state index in [1.54, 1.807) is 10.9 Å². The van der Waals surface area contributed by atoms with Crippen LogP contribution in [0.1, 0.15) is 44.2 Å². The number of aryl methyl sites for hydroxylation is 1. The third-order valence-electron chi connectivity index (χ3n) is 5.65. The minimum absolute atomic E-state index is 0.0937. The Bertz CT molecular complexity index is 1160. The fourth-order valence-corrected chi connectivity index (χ4v) is 3.56. The van der Waals surface area contributed by atoms with Gasteiger partial charge in [-0.15, -0.1) is 5.10 Å². The average Bonchev–Trinajstić information content (AvgIpc) is 3.38. The SMILES string of the molecule is C=C(NCCCC[C@H](NC(=O)N[C@@H](CCC(=O)O)C(=O)O)C(=O)O)Nc1ccc(-n2cc(CCCF)nn2)cc1. The van der Waals surface area contributed by atoms with Gasteiger partial charge in [0.25, 0.3) is 0 Å². The van der Waals surface area contributed by atoms with Gasteiger partial charge in [-0.3, -0.25) is 9.18 Å². The topological polar surface area (TPSA) is 208 Å². The number of carbonyl (C=O) groups is 4. The molecule has 0 saturated carbocycles. The van der Waals surface area contributed by atoms with Gasteiger partial charge in [0.2, 0.25) is 0 Å². The number of carboxylic acids is 3. The summed E-state index contributed by atoms with van der Waals surface area (Å²) in [6.45, 7) is 3.97. The molecular weight excluding hydrogens is 529 g/mol. The Morgan fingerprint density at radius 1 is 0.950 bits per heavy atom. The number of carbonyl (C=O) groups excluding carboxylic acids is 1. The number of hydrogen-bond donors (Lipinski definition) is 7. The van der Waals surface area contributed by atoms with Gasteiger partial charge in [0.15, 0.2) is 0 Å². The van der Waals surface area contributed by atoms with Crippen molar-refractivity contribution in [3.63, 3.8) is 0 Å². The van der Waals surface area contributed by atoms with Gasteiger partial charge in [0, 0.05) is 18.7 Å². The van der Waals surface area contributed by atoms with Crippen LogP contribution < -0.4 is 21.3 Å². The zero-order valence-corrected chi connectivity index (χ0v) is 21.8. The van der Waals surface area contributed by atoms with E-state index in [1.807, 2.05) is 24.3 Å². The number of rotatable bonds is 19. The Morgan fingerprint density at radius 3 is 2.20 bits per heavy atom. The lowest BCUT2D eigenvalue weighted by molar-refractivity contribution is -0.140. The summed E-state index contributed by atoms with van der Waals surface area (Å²) in [6, 6.07) is 3.61. The quantitative estimate of drug-likeness (QED) is 0.123. The van der Waals surface area contributed by atoms with E-state index in [2.05, 4.69) is 38.2 Å². The number of nitrogens with zero attached hydrogens (tertiary/aromatic N) is 3. The van der Waals surface area contributed by atoms with Gasteiger partial charge in [0.05, 0.1) is 30.1 Å². The number of urea groups is 1. The van der Waals surface area contributed by atoms with Gasteiger partial charge < -0.3 is 36.6 Å². The van der Waals surface area contributed by atoms with Crippen LogP contribution in [-0.2, 0) is 20.8 Å². The first-order valence-electron chi connectivity index (χ1n) is 12.6. The van der Waals surface area contributed by atoms with Crippen molar-refractivity contribution in [2.45, 2.75) is 57.0 Å². The van der Waals surface area contributed by atoms with Crippen LogP contribution in [0.2, 0.25) is 0 Å². The summed E-state index contributed by atoms with van der Waals surface area (Å²) in [7, 11) is 0. The van der Waals surface area contributed by atoms with E-state index < -0.39 is 49.1 Å². The monoisotopic (exact) mass is 563 g/mol. The average molecular weight is 564 g/mol. The van der Waals surface area contributed by atoms with E-state index in [1.165, 1.54) is 0 Å². The molecular formula is C25H34FN7O7. The molecule has 15 heteroatoms. The molecule has 0 fully saturated rings. The van der Waals surface area contributed by atoms with Crippen LogP contribution in [-0.4, -0.2) is 79.6 Å². The van der Waals surface area contributed by atoms with Crippen LogP contribution >= 0.6 is 0 Å². The highest BCUT2D eigenvalue weighted by atomic mass is 19.1. The van der Waals surface area contributed by atoms with Crippen molar-refractivity contribution in [2.75, 3.05) is 18.5 Å². The van der Waals surface area contributed by atoms with Gasteiger partial charge in [-0.1, -0.05) is 11.8 Å². The number of nitrogens with one attached hydrogen (secondary N) is 4. The van der Waals surface area contributed by atoms with Crippen molar-refractivity contribution >= 4 is 29.6 Å². The molecule has 40 heavy (non-hydrogen) atoms. The maximum atomic E-state index is 12.3. The van der Waals surface area contributed by atoms with Gasteiger partial charge in [-0.2, -0.15) is 0 Å². The lowest BCUT2D eigenvalue weighted by atomic mass is 10.1. The Balaban J connectivity index is 1.71. The summed E-state index contributed by atoms with van der Waals surface area (Å²) in [5.41, 5.74) is 2.27. The number of halogens is 1. The predicted octanol–water partition coefficient (Wildman–Crippen LogP) is 1.88. The number of carboxylic acid groups (broad SMARTS) is 3. The Kier molecular flexibility index (Phi) is 12.9. The van der Waals surface area contributed by atoms with Crippen molar-refractivity contribution < 1.29 is 38.9 Å². The van der Waals surface area contributed by atoms with E-state index >= 15 is 0 Å². The maximum Gasteiger partial charge on any atom is 0.326 e. The molecule has 7 N–H and O–H groups in total. The highest BCUT2D eigenvalue weighted by Gasteiger charge is 2.24. The third kappa shape index (κ3) is 11.4. The lowest BCUT2D eigenvalue weighted by Crippen LogP contribution is -2.51. The number of alkyl halides is 1. The first kappa shape index (κ1) is 31.5. The maximum absolute atomic E-state index is 12.3. The van der Waals surface area contributed by atoms with Crippen molar-refractivity contribution in [1.82, 2.24) is 30.9 Å². The molecule has 0 unspecified atom stereocenters. The summed E-state index contributed by atoms with van der Waals surface area (Å²) < 4.78 is 13.9. The van der Waals surface area contributed by atoms with Crippen LogP contribution in [0.5, 0.6) is 0 Å². The number of unbranched alkanes of at least 4 members (excludes halogenated alkanes) is 1. The number of hydrogen-bond acceptors (Lipinski definition) is 8.